The van der Waals surface area contributed by atoms with Crippen molar-refractivity contribution in [2.45, 2.75) is 6.61 Å². The van der Waals surface area contributed by atoms with E-state index in [1.54, 1.807) is 17.4 Å². The van der Waals surface area contributed by atoms with Crippen LogP contribution in [0.1, 0.15) is 15.2 Å². The number of carboxylic acids is 1. The van der Waals surface area contributed by atoms with Crippen LogP contribution in [-0.2, 0) is 6.61 Å². The summed E-state index contributed by atoms with van der Waals surface area (Å²) in [6.07, 6.45) is 0. The van der Waals surface area contributed by atoms with Gasteiger partial charge in [-0.3, -0.25) is 0 Å². The van der Waals surface area contributed by atoms with Crippen molar-refractivity contribution in [2.75, 3.05) is 5.73 Å². The molecule has 0 aliphatic heterocycles. The van der Waals surface area contributed by atoms with Crippen molar-refractivity contribution in [1.82, 2.24) is 0 Å². The third-order valence-electron chi connectivity index (χ3n) is 2.26. The first kappa shape index (κ1) is 12.9. The average Bonchev–Trinajstić information content (AvgIpc) is 2.73. The van der Waals surface area contributed by atoms with Gasteiger partial charge in [-0.2, -0.15) is 0 Å². The number of nitrogen functional groups attached to an aromatic ring is 1. The molecule has 2 aromatic rings. The summed E-state index contributed by atoms with van der Waals surface area (Å²) < 4.78 is 6.58. The minimum absolute atomic E-state index is 0.152. The van der Waals surface area contributed by atoms with Crippen molar-refractivity contribution < 1.29 is 14.6 Å². The fourth-order valence-electron chi connectivity index (χ4n) is 1.39. The molecular weight excluding hydrogens is 318 g/mol. The summed E-state index contributed by atoms with van der Waals surface area (Å²) in [5.41, 5.74) is 6.21. The SMILES string of the molecule is Nc1cc(C(=O)O)ccc1OCc1ccc(Br)s1. The molecule has 0 amide bonds. The minimum Gasteiger partial charge on any atom is -0.486 e. The molecule has 18 heavy (non-hydrogen) atoms. The Morgan fingerprint density at radius 1 is 1.39 bits per heavy atom. The molecule has 94 valence electrons. The Morgan fingerprint density at radius 2 is 2.17 bits per heavy atom. The molecule has 1 aromatic carbocycles. The van der Waals surface area contributed by atoms with Gasteiger partial charge in [-0.15, -0.1) is 11.3 Å². The summed E-state index contributed by atoms with van der Waals surface area (Å²) in [5.74, 6) is -0.514. The fraction of sp³-hybridized carbons (Fsp3) is 0.0833. The van der Waals surface area contributed by atoms with Crippen LogP contribution < -0.4 is 10.5 Å². The van der Waals surface area contributed by atoms with Crippen LogP contribution >= 0.6 is 27.3 Å². The van der Waals surface area contributed by atoms with Gasteiger partial charge in [0.2, 0.25) is 0 Å². The van der Waals surface area contributed by atoms with Crippen molar-refractivity contribution in [3.8, 4) is 5.75 Å². The van der Waals surface area contributed by atoms with E-state index in [1.165, 1.54) is 12.1 Å². The van der Waals surface area contributed by atoms with Gasteiger partial charge in [-0.1, -0.05) is 0 Å². The molecule has 2 rings (SSSR count). The Hall–Kier alpha value is -1.53. The van der Waals surface area contributed by atoms with E-state index >= 15 is 0 Å². The number of benzene rings is 1. The van der Waals surface area contributed by atoms with Crippen molar-refractivity contribution in [2.24, 2.45) is 0 Å². The number of anilines is 1. The Bertz CT molecular complexity index is 582. The third-order valence-corrected chi connectivity index (χ3v) is 3.85. The number of halogens is 1. The monoisotopic (exact) mass is 327 g/mol. The summed E-state index contributed by atoms with van der Waals surface area (Å²) in [7, 11) is 0. The van der Waals surface area contributed by atoms with E-state index < -0.39 is 5.97 Å². The van der Waals surface area contributed by atoms with E-state index in [0.29, 0.717) is 18.0 Å². The second-order valence-corrected chi connectivity index (χ2v) is 6.10. The first-order valence-corrected chi connectivity index (χ1v) is 6.67. The maximum Gasteiger partial charge on any atom is 0.335 e. The molecule has 0 aliphatic rings. The highest BCUT2D eigenvalue weighted by Gasteiger charge is 2.07. The predicted octanol–water partition coefficient (Wildman–Crippen LogP) is 3.37. The van der Waals surface area contributed by atoms with E-state index in [-0.39, 0.29) is 5.56 Å². The quantitative estimate of drug-likeness (QED) is 0.844. The summed E-state index contributed by atoms with van der Waals surface area (Å²) in [4.78, 5) is 11.8. The molecule has 0 bridgehead atoms. The van der Waals surface area contributed by atoms with E-state index in [9.17, 15) is 4.79 Å². The van der Waals surface area contributed by atoms with Crippen molar-refractivity contribution in [3.05, 3.63) is 44.6 Å². The zero-order chi connectivity index (χ0) is 13.1. The highest BCUT2D eigenvalue weighted by atomic mass is 79.9. The summed E-state index contributed by atoms with van der Waals surface area (Å²) in [6, 6.07) is 8.33. The number of carbonyl (C=O) groups is 1. The van der Waals surface area contributed by atoms with Crippen LogP contribution in [-0.4, -0.2) is 11.1 Å². The van der Waals surface area contributed by atoms with Gasteiger partial charge in [0, 0.05) is 4.88 Å². The Balaban J connectivity index is 2.08. The largest absolute Gasteiger partial charge is 0.486 e. The lowest BCUT2D eigenvalue weighted by Crippen LogP contribution is -2.01. The molecule has 0 atom stereocenters. The van der Waals surface area contributed by atoms with E-state index in [1.807, 2.05) is 12.1 Å². The molecule has 0 spiro atoms. The molecule has 4 nitrogen and oxygen atoms in total. The molecule has 0 saturated carbocycles. The number of carboxylic acid groups (broad SMARTS) is 1. The number of nitrogens with two attached hydrogens (primary N) is 1. The Kier molecular flexibility index (Phi) is 3.88. The van der Waals surface area contributed by atoms with Gasteiger partial charge in [0.1, 0.15) is 12.4 Å². The number of hydrogen-bond donors (Lipinski definition) is 2. The van der Waals surface area contributed by atoms with Gasteiger partial charge in [-0.05, 0) is 46.3 Å². The average molecular weight is 328 g/mol. The second-order valence-electron chi connectivity index (χ2n) is 3.55. The molecule has 3 N–H and O–H groups in total. The topological polar surface area (TPSA) is 72.6 Å². The molecule has 6 heteroatoms. The molecule has 0 radical (unpaired) electrons. The summed E-state index contributed by atoms with van der Waals surface area (Å²) in [5, 5.41) is 8.81. The standard InChI is InChI=1S/C12H10BrNO3S/c13-11-4-2-8(18-11)6-17-10-3-1-7(12(15)16)5-9(10)14/h1-5H,6,14H2,(H,15,16). The van der Waals surface area contributed by atoms with Crippen LogP contribution in [0.15, 0.2) is 34.1 Å². The molecule has 0 saturated heterocycles. The lowest BCUT2D eigenvalue weighted by molar-refractivity contribution is 0.0697. The van der Waals surface area contributed by atoms with E-state index in [2.05, 4.69) is 15.9 Å². The first-order valence-electron chi connectivity index (χ1n) is 5.06. The Labute approximate surface area is 116 Å². The smallest absolute Gasteiger partial charge is 0.335 e. The predicted molar refractivity (Wildman–Crippen MR) is 74.2 cm³/mol. The number of aromatic carboxylic acids is 1. The van der Waals surface area contributed by atoms with Crippen LogP contribution in [0.4, 0.5) is 5.69 Å². The number of rotatable bonds is 4. The summed E-state index contributed by atoms with van der Waals surface area (Å²) in [6.45, 7) is 0.410. The van der Waals surface area contributed by atoms with Gasteiger partial charge < -0.3 is 15.6 Å². The van der Waals surface area contributed by atoms with E-state index in [4.69, 9.17) is 15.6 Å². The van der Waals surface area contributed by atoms with Crippen LogP contribution in [0.2, 0.25) is 0 Å². The maximum atomic E-state index is 10.7. The molecule has 1 heterocycles. The number of thiophene rings is 1. The van der Waals surface area contributed by atoms with Crippen LogP contribution in [0.3, 0.4) is 0 Å². The van der Waals surface area contributed by atoms with Gasteiger partial charge in [0.15, 0.2) is 0 Å². The van der Waals surface area contributed by atoms with Gasteiger partial charge in [0.25, 0.3) is 0 Å². The van der Waals surface area contributed by atoms with Gasteiger partial charge in [0.05, 0.1) is 15.0 Å². The van der Waals surface area contributed by atoms with Crippen LogP contribution in [0.5, 0.6) is 5.75 Å². The van der Waals surface area contributed by atoms with Gasteiger partial charge >= 0.3 is 5.97 Å². The van der Waals surface area contributed by atoms with E-state index in [0.717, 1.165) is 8.66 Å². The highest BCUT2D eigenvalue weighted by molar-refractivity contribution is 9.11. The highest BCUT2D eigenvalue weighted by Crippen LogP contribution is 2.26. The fourth-order valence-corrected chi connectivity index (χ4v) is 2.79. The zero-order valence-electron chi connectivity index (χ0n) is 9.22. The lowest BCUT2D eigenvalue weighted by atomic mass is 10.2. The second kappa shape index (κ2) is 5.41. The van der Waals surface area contributed by atoms with Gasteiger partial charge in [-0.25, -0.2) is 4.79 Å². The molecular formula is C12H10BrNO3S. The minimum atomic E-state index is -1.00. The van der Waals surface area contributed by atoms with Crippen LogP contribution in [0.25, 0.3) is 0 Å². The van der Waals surface area contributed by atoms with Crippen molar-refractivity contribution >= 4 is 38.9 Å². The third kappa shape index (κ3) is 3.02. The zero-order valence-corrected chi connectivity index (χ0v) is 11.6. The van der Waals surface area contributed by atoms with Crippen molar-refractivity contribution in [3.63, 3.8) is 0 Å². The molecule has 0 aliphatic carbocycles. The molecule has 1 aromatic heterocycles. The normalized spacial score (nSPS) is 10.3. The summed E-state index contributed by atoms with van der Waals surface area (Å²) >= 11 is 4.95. The first-order chi connectivity index (χ1) is 8.56. The number of hydrogen-bond acceptors (Lipinski definition) is 4. The van der Waals surface area contributed by atoms with Crippen LogP contribution in [0, 0.1) is 0 Å². The Morgan fingerprint density at radius 3 is 2.72 bits per heavy atom. The molecule has 0 unspecified atom stereocenters. The lowest BCUT2D eigenvalue weighted by Gasteiger charge is -2.08. The maximum absolute atomic E-state index is 10.7. The molecule has 0 fully saturated rings. The van der Waals surface area contributed by atoms with Crippen molar-refractivity contribution in [1.29, 1.82) is 0 Å². The number of ether oxygens (including phenoxy) is 1.